The summed E-state index contributed by atoms with van der Waals surface area (Å²) >= 11 is 0. The summed E-state index contributed by atoms with van der Waals surface area (Å²) in [5.74, 6) is -0.818. The van der Waals surface area contributed by atoms with Gasteiger partial charge in [-0.15, -0.1) is 0 Å². The molecule has 164 valence electrons. The van der Waals surface area contributed by atoms with E-state index in [1.54, 1.807) is 12.4 Å². The lowest BCUT2D eigenvalue weighted by atomic mass is 10.0. The molecule has 0 bridgehead atoms. The Morgan fingerprint density at radius 1 is 1.19 bits per heavy atom. The predicted octanol–water partition coefficient (Wildman–Crippen LogP) is 2.48. The highest BCUT2D eigenvalue weighted by molar-refractivity contribution is 5.97. The van der Waals surface area contributed by atoms with E-state index in [-0.39, 0.29) is 12.2 Å². The molecule has 0 spiro atoms. The largest absolute Gasteiger partial charge is 0.417 e. The molecule has 1 aliphatic rings. The Morgan fingerprint density at radius 3 is 2.42 bits per heavy atom. The molecule has 1 aliphatic heterocycles. The number of carbonyl (C=O) groups is 1. The van der Waals surface area contributed by atoms with E-state index < -0.39 is 28.8 Å². The van der Waals surface area contributed by atoms with Gasteiger partial charge in [0.25, 0.3) is 5.91 Å². The van der Waals surface area contributed by atoms with Gasteiger partial charge >= 0.3 is 6.18 Å². The Kier molecular flexibility index (Phi) is 6.48. The predicted molar refractivity (Wildman–Crippen MR) is 108 cm³/mol. The Bertz CT molecular complexity index is 965. The van der Waals surface area contributed by atoms with Crippen LogP contribution in [0.25, 0.3) is 0 Å². The molecule has 0 aliphatic carbocycles. The molecule has 31 heavy (non-hydrogen) atoms. The van der Waals surface area contributed by atoms with Gasteiger partial charge in [-0.2, -0.15) is 18.4 Å². The maximum absolute atomic E-state index is 13.1. The van der Waals surface area contributed by atoms with Crippen LogP contribution in [-0.2, 0) is 11.0 Å². The molecule has 1 aromatic heterocycles. The summed E-state index contributed by atoms with van der Waals surface area (Å²) in [6, 6.07) is 8.19. The summed E-state index contributed by atoms with van der Waals surface area (Å²) in [6.45, 7) is 3.98. The maximum Gasteiger partial charge on any atom is 0.417 e. The highest BCUT2D eigenvalue weighted by Crippen LogP contribution is 2.33. The monoisotopic (exact) mass is 433 g/mol. The van der Waals surface area contributed by atoms with E-state index in [2.05, 4.69) is 15.2 Å². The highest BCUT2D eigenvalue weighted by atomic mass is 19.4. The quantitative estimate of drug-likeness (QED) is 0.753. The number of β-amino-alcohol motifs (C(OH)–C–C–N with tert-alkyl or cyclic N) is 1. The second-order valence-corrected chi connectivity index (χ2v) is 7.57. The maximum atomic E-state index is 13.1. The molecule has 2 heterocycles. The summed E-state index contributed by atoms with van der Waals surface area (Å²) < 4.78 is 39.4. The van der Waals surface area contributed by atoms with Crippen LogP contribution in [-0.4, -0.2) is 59.2 Å². The smallest absolute Gasteiger partial charge is 0.379 e. The van der Waals surface area contributed by atoms with E-state index in [1.165, 1.54) is 19.1 Å². The summed E-state index contributed by atoms with van der Waals surface area (Å²) in [5, 5.41) is 21.9. The number of carbonyl (C=O) groups excluding carboxylic acids is 1. The molecule has 3 rings (SSSR count). The second-order valence-electron chi connectivity index (χ2n) is 7.57. The lowest BCUT2D eigenvalue weighted by Gasteiger charge is -2.38. The number of aliphatic hydroxyl groups is 1. The average Bonchev–Trinajstić information content (AvgIpc) is 2.74. The number of hydrogen-bond acceptors (Lipinski definition) is 6. The number of rotatable bonds is 5. The number of anilines is 2. The first-order valence-electron chi connectivity index (χ1n) is 9.63. The molecular weight excluding hydrogens is 411 g/mol. The van der Waals surface area contributed by atoms with E-state index in [4.69, 9.17) is 5.26 Å². The van der Waals surface area contributed by atoms with Gasteiger partial charge in [0.05, 0.1) is 17.2 Å². The second kappa shape index (κ2) is 8.91. The van der Waals surface area contributed by atoms with Crippen molar-refractivity contribution in [3.63, 3.8) is 0 Å². The van der Waals surface area contributed by atoms with E-state index in [1.807, 2.05) is 17.0 Å². The Balaban J connectivity index is 1.61. The van der Waals surface area contributed by atoms with Crippen molar-refractivity contribution in [1.29, 1.82) is 5.26 Å². The number of nitrogens with one attached hydrogen (secondary N) is 1. The van der Waals surface area contributed by atoms with Crippen molar-refractivity contribution in [3.05, 3.63) is 53.9 Å². The van der Waals surface area contributed by atoms with Gasteiger partial charge < -0.3 is 15.3 Å². The zero-order chi connectivity index (χ0) is 22.6. The third-order valence-corrected chi connectivity index (χ3v) is 5.12. The Hall–Kier alpha value is -3.16. The summed E-state index contributed by atoms with van der Waals surface area (Å²) in [4.78, 5) is 20.6. The lowest BCUT2D eigenvalue weighted by Crippen LogP contribution is -2.54. The van der Waals surface area contributed by atoms with Gasteiger partial charge in [0.1, 0.15) is 0 Å². The first-order chi connectivity index (χ1) is 14.6. The van der Waals surface area contributed by atoms with Crippen LogP contribution in [0.1, 0.15) is 18.1 Å². The lowest BCUT2D eigenvalue weighted by molar-refractivity contribution is -0.138. The molecule has 1 atom stereocenters. The van der Waals surface area contributed by atoms with Crippen LogP contribution in [0.4, 0.5) is 24.5 Å². The van der Waals surface area contributed by atoms with Crippen molar-refractivity contribution in [1.82, 2.24) is 9.88 Å². The number of aromatic nitrogens is 1. The minimum atomic E-state index is -4.73. The van der Waals surface area contributed by atoms with E-state index in [0.29, 0.717) is 32.2 Å². The minimum Gasteiger partial charge on any atom is -0.379 e. The standard InChI is InChI=1S/C21H22F3N5O2/c1-20(31,14-28-8-10-29(11-9-28)17-4-6-26-7-5-17)19(30)27-16-3-2-15(13-25)18(12-16)21(22,23)24/h2-7,12,31H,8-11,14H2,1H3,(H,27,30). The molecule has 2 aromatic rings. The molecule has 7 nitrogen and oxygen atoms in total. The van der Waals surface area contributed by atoms with Gasteiger partial charge in [0.2, 0.25) is 0 Å². The number of benzene rings is 1. The highest BCUT2D eigenvalue weighted by Gasteiger charge is 2.36. The molecule has 0 radical (unpaired) electrons. The van der Waals surface area contributed by atoms with Crippen LogP contribution in [0.3, 0.4) is 0 Å². The van der Waals surface area contributed by atoms with Crippen LogP contribution < -0.4 is 10.2 Å². The number of pyridine rings is 1. The van der Waals surface area contributed by atoms with Gasteiger partial charge in [-0.05, 0) is 37.3 Å². The summed E-state index contributed by atoms with van der Waals surface area (Å²) in [6.07, 6.45) is -1.31. The van der Waals surface area contributed by atoms with E-state index >= 15 is 0 Å². The number of amides is 1. The summed E-state index contributed by atoms with van der Waals surface area (Å²) in [5.41, 5.74) is -2.59. The molecule has 1 aromatic carbocycles. The molecular formula is C21H22F3N5O2. The molecule has 1 amide bonds. The fourth-order valence-corrected chi connectivity index (χ4v) is 3.45. The van der Waals surface area contributed by atoms with Crippen LogP contribution in [0.5, 0.6) is 0 Å². The van der Waals surface area contributed by atoms with Crippen molar-refractivity contribution in [3.8, 4) is 6.07 Å². The van der Waals surface area contributed by atoms with Crippen molar-refractivity contribution >= 4 is 17.3 Å². The normalized spacial score (nSPS) is 17.0. The van der Waals surface area contributed by atoms with Crippen molar-refractivity contribution in [2.75, 3.05) is 42.9 Å². The van der Waals surface area contributed by atoms with Crippen molar-refractivity contribution in [2.45, 2.75) is 18.7 Å². The van der Waals surface area contributed by atoms with Gasteiger partial charge in [-0.25, -0.2) is 0 Å². The van der Waals surface area contributed by atoms with Crippen LogP contribution >= 0.6 is 0 Å². The molecule has 1 saturated heterocycles. The fraction of sp³-hybridized carbons (Fsp3) is 0.381. The molecule has 1 fully saturated rings. The first kappa shape index (κ1) is 22.5. The Labute approximate surface area is 177 Å². The molecule has 2 N–H and O–H groups in total. The van der Waals surface area contributed by atoms with E-state index in [0.717, 1.165) is 11.8 Å². The zero-order valence-corrected chi connectivity index (χ0v) is 16.9. The van der Waals surface area contributed by atoms with Gasteiger partial charge in [0.15, 0.2) is 5.60 Å². The molecule has 10 heteroatoms. The van der Waals surface area contributed by atoms with Crippen LogP contribution in [0, 0.1) is 11.3 Å². The fourth-order valence-electron chi connectivity index (χ4n) is 3.45. The number of nitriles is 1. The number of halogens is 3. The number of hydrogen-bond donors (Lipinski definition) is 2. The van der Waals surface area contributed by atoms with Gasteiger partial charge in [-0.3, -0.25) is 14.7 Å². The third kappa shape index (κ3) is 5.51. The topological polar surface area (TPSA) is 92.5 Å². The van der Waals surface area contributed by atoms with Gasteiger partial charge in [-0.1, -0.05) is 0 Å². The van der Waals surface area contributed by atoms with Gasteiger partial charge in [0, 0.05) is 56.5 Å². The van der Waals surface area contributed by atoms with Crippen LogP contribution in [0.2, 0.25) is 0 Å². The number of nitrogens with zero attached hydrogens (tertiary/aromatic N) is 4. The van der Waals surface area contributed by atoms with Crippen molar-refractivity contribution < 1.29 is 23.1 Å². The SMILES string of the molecule is CC(O)(CN1CCN(c2ccncc2)CC1)C(=O)Nc1ccc(C#N)c(C(F)(F)F)c1. The third-order valence-electron chi connectivity index (χ3n) is 5.12. The van der Waals surface area contributed by atoms with E-state index in [9.17, 15) is 23.1 Å². The number of alkyl halides is 3. The molecule has 1 unspecified atom stereocenters. The Morgan fingerprint density at radius 2 is 1.84 bits per heavy atom. The molecule has 0 saturated carbocycles. The first-order valence-corrected chi connectivity index (χ1v) is 9.63. The average molecular weight is 433 g/mol. The van der Waals surface area contributed by atoms with Crippen LogP contribution in [0.15, 0.2) is 42.7 Å². The zero-order valence-electron chi connectivity index (χ0n) is 16.9. The summed E-state index contributed by atoms with van der Waals surface area (Å²) in [7, 11) is 0. The van der Waals surface area contributed by atoms with Crippen molar-refractivity contribution in [2.24, 2.45) is 0 Å². The number of piperazine rings is 1. The minimum absolute atomic E-state index is 0.0332.